The van der Waals surface area contributed by atoms with Gasteiger partial charge in [-0.25, -0.2) is 14.2 Å². The number of esters is 1. The molecule has 2 aromatic carbocycles. The number of aromatic nitrogens is 1. The minimum atomic E-state index is -0.621. The third-order valence-electron chi connectivity index (χ3n) is 4.42. The predicted octanol–water partition coefficient (Wildman–Crippen LogP) is 4.47. The van der Waals surface area contributed by atoms with Crippen LogP contribution in [0.25, 0.3) is 20.3 Å². The van der Waals surface area contributed by atoms with Crippen LogP contribution in [-0.4, -0.2) is 30.0 Å². The summed E-state index contributed by atoms with van der Waals surface area (Å²) in [5.41, 5.74) is 1.48. The van der Waals surface area contributed by atoms with E-state index in [0.717, 1.165) is 26.6 Å². The number of hydrogen-bond acceptors (Lipinski definition) is 6. The molecule has 5 nitrogen and oxygen atoms in total. The third-order valence-corrected chi connectivity index (χ3v) is 6.76. The van der Waals surface area contributed by atoms with E-state index in [9.17, 15) is 14.0 Å². The average molecular weight is 429 g/mol. The molecule has 0 saturated heterocycles. The molecule has 0 aliphatic carbocycles. The molecule has 8 heteroatoms. The lowest BCUT2D eigenvalue weighted by atomic mass is 10.1. The summed E-state index contributed by atoms with van der Waals surface area (Å²) in [6.07, 6.45) is 0.605. The van der Waals surface area contributed by atoms with Gasteiger partial charge < -0.3 is 10.1 Å². The number of rotatable bonds is 6. The molecule has 0 bridgehead atoms. The van der Waals surface area contributed by atoms with E-state index in [2.05, 4.69) is 10.3 Å². The maximum atomic E-state index is 14.0. The van der Waals surface area contributed by atoms with Crippen molar-refractivity contribution in [2.45, 2.75) is 13.3 Å². The fraction of sp³-hybridized carbons (Fsp3) is 0.190. The van der Waals surface area contributed by atoms with Crippen molar-refractivity contribution in [3.05, 3.63) is 63.7 Å². The van der Waals surface area contributed by atoms with E-state index in [0.29, 0.717) is 33.5 Å². The Morgan fingerprint density at radius 2 is 1.90 bits per heavy atom. The van der Waals surface area contributed by atoms with Gasteiger partial charge in [0.05, 0.1) is 15.2 Å². The number of nitrogens with zero attached hydrogens (tertiary/aromatic N) is 1. The molecule has 29 heavy (non-hydrogen) atoms. The molecule has 0 radical (unpaired) electrons. The Bertz CT molecular complexity index is 1180. The SMILES string of the molecule is Cc1c(C(=O)OCC(=O)NCCc2nc3ccccc3s2)sc2cccc(F)c12. The summed E-state index contributed by atoms with van der Waals surface area (Å²) in [5.74, 6) is -1.38. The van der Waals surface area contributed by atoms with E-state index in [-0.39, 0.29) is 18.3 Å². The topological polar surface area (TPSA) is 68.3 Å². The van der Waals surface area contributed by atoms with Crippen molar-refractivity contribution >= 4 is 54.9 Å². The fourth-order valence-corrected chi connectivity index (χ4v) is 5.11. The van der Waals surface area contributed by atoms with Crippen molar-refractivity contribution in [1.29, 1.82) is 0 Å². The Labute approximate surface area is 174 Å². The quantitative estimate of drug-likeness (QED) is 0.460. The van der Waals surface area contributed by atoms with Gasteiger partial charge in [0.25, 0.3) is 5.91 Å². The smallest absolute Gasteiger partial charge is 0.349 e. The van der Waals surface area contributed by atoms with E-state index < -0.39 is 5.97 Å². The highest BCUT2D eigenvalue weighted by atomic mass is 32.1. The summed E-state index contributed by atoms with van der Waals surface area (Å²) in [4.78, 5) is 29.1. The minimum absolute atomic E-state index is 0.312. The van der Waals surface area contributed by atoms with Gasteiger partial charge >= 0.3 is 5.97 Å². The van der Waals surface area contributed by atoms with E-state index in [4.69, 9.17) is 4.74 Å². The standard InChI is InChI=1S/C21H17FN2O3S2/c1-12-19-13(22)5-4-8-16(19)29-20(12)21(26)27-11-17(25)23-10-9-18-24-14-6-2-3-7-15(14)28-18/h2-8H,9-11H2,1H3,(H,23,25). The Morgan fingerprint density at radius 3 is 2.69 bits per heavy atom. The Hall–Kier alpha value is -2.84. The predicted molar refractivity (Wildman–Crippen MR) is 113 cm³/mol. The first kappa shape index (κ1) is 19.5. The second-order valence-corrected chi connectivity index (χ2v) is 8.59. The van der Waals surface area contributed by atoms with Crippen LogP contribution in [-0.2, 0) is 16.0 Å². The summed E-state index contributed by atoms with van der Waals surface area (Å²) in [6.45, 7) is 1.70. The zero-order chi connectivity index (χ0) is 20.4. The lowest BCUT2D eigenvalue weighted by Gasteiger charge is -2.05. The van der Waals surface area contributed by atoms with Crippen LogP contribution in [0.4, 0.5) is 4.39 Å². The van der Waals surface area contributed by atoms with E-state index in [1.54, 1.807) is 30.4 Å². The number of thiazole rings is 1. The number of carbonyl (C=O) groups is 2. The fourth-order valence-electron chi connectivity index (χ4n) is 3.03. The van der Waals surface area contributed by atoms with Crippen LogP contribution >= 0.6 is 22.7 Å². The molecule has 0 spiro atoms. The van der Waals surface area contributed by atoms with Crippen molar-refractivity contribution in [1.82, 2.24) is 10.3 Å². The van der Waals surface area contributed by atoms with Gasteiger partial charge in [0.1, 0.15) is 10.7 Å². The van der Waals surface area contributed by atoms with Crippen LogP contribution < -0.4 is 5.32 Å². The van der Waals surface area contributed by atoms with Crippen molar-refractivity contribution in [3.63, 3.8) is 0 Å². The van der Waals surface area contributed by atoms with Gasteiger partial charge in [-0.2, -0.15) is 0 Å². The number of thiophene rings is 1. The van der Waals surface area contributed by atoms with Gasteiger partial charge in [0.2, 0.25) is 0 Å². The molecule has 0 unspecified atom stereocenters. The van der Waals surface area contributed by atoms with Crippen LogP contribution in [0.2, 0.25) is 0 Å². The maximum absolute atomic E-state index is 14.0. The number of amides is 1. The third kappa shape index (κ3) is 4.13. The summed E-state index contributed by atoms with van der Waals surface area (Å²) < 4.78 is 20.9. The highest BCUT2D eigenvalue weighted by Crippen LogP contribution is 2.32. The van der Waals surface area contributed by atoms with Crippen molar-refractivity contribution in [2.24, 2.45) is 0 Å². The number of nitrogens with one attached hydrogen (secondary N) is 1. The number of para-hydroxylation sites is 1. The normalized spacial score (nSPS) is 11.1. The van der Waals surface area contributed by atoms with Gasteiger partial charge in [0, 0.05) is 23.1 Å². The molecule has 0 aliphatic heterocycles. The molecular weight excluding hydrogens is 411 g/mol. The molecule has 0 saturated carbocycles. The molecule has 2 aromatic heterocycles. The summed E-state index contributed by atoms with van der Waals surface area (Å²) in [7, 11) is 0. The molecule has 0 fully saturated rings. The second kappa shape index (κ2) is 8.26. The number of benzene rings is 2. The number of carbonyl (C=O) groups excluding carboxylic acids is 2. The molecule has 1 N–H and O–H groups in total. The van der Waals surface area contributed by atoms with Crippen LogP contribution in [0.15, 0.2) is 42.5 Å². The number of aryl methyl sites for hydroxylation is 1. The van der Waals surface area contributed by atoms with Gasteiger partial charge in [-0.3, -0.25) is 4.79 Å². The van der Waals surface area contributed by atoms with E-state index in [1.165, 1.54) is 6.07 Å². The zero-order valence-electron chi connectivity index (χ0n) is 15.5. The molecular formula is C21H17FN2O3S2. The first-order chi connectivity index (χ1) is 14.0. The molecule has 4 rings (SSSR count). The Balaban J connectivity index is 1.30. The largest absolute Gasteiger partial charge is 0.451 e. The zero-order valence-corrected chi connectivity index (χ0v) is 17.2. The number of fused-ring (bicyclic) bond motifs is 2. The summed E-state index contributed by atoms with van der Waals surface area (Å²) in [6, 6.07) is 12.6. The maximum Gasteiger partial charge on any atom is 0.349 e. The second-order valence-electron chi connectivity index (χ2n) is 6.42. The molecule has 148 valence electrons. The molecule has 0 aliphatic rings. The van der Waals surface area contributed by atoms with Gasteiger partial charge in [-0.05, 0) is 36.8 Å². The van der Waals surface area contributed by atoms with Crippen molar-refractivity contribution in [3.8, 4) is 0 Å². The van der Waals surface area contributed by atoms with E-state index >= 15 is 0 Å². The average Bonchev–Trinajstić information content (AvgIpc) is 3.27. The summed E-state index contributed by atoms with van der Waals surface area (Å²) >= 11 is 2.75. The number of hydrogen-bond donors (Lipinski definition) is 1. The Kier molecular flexibility index (Phi) is 5.55. The van der Waals surface area contributed by atoms with Crippen molar-refractivity contribution in [2.75, 3.05) is 13.2 Å². The Morgan fingerprint density at radius 1 is 1.10 bits per heavy atom. The van der Waals surface area contributed by atoms with Gasteiger partial charge in [-0.1, -0.05) is 18.2 Å². The van der Waals surface area contributed by atoms with Gasteiger partial charge in [0.15, 0.2) is 6.61 Å². The highest BCUT2D eigenvalue weighted by molar-refractivity contribution is 7.21. The lowest BCUT2D eigenvalue weighted by Crippen LogP contribution is -2.30. The molecule has 4 aromatic rings. The molecule has 0 atom stereocenters. The van der Waals surface area contributed by atoms with E-state index in [1.807, 2.05) is 24.3 Å². The first-order valence-electron chi connectivity index (χ1n) is 8.99. The first-order valence-corrected chi connectivity index (χ1v) is 10.6. The molecule has 1 amide bonds. The van der Waals surface area contributed by atoms with Crippen LogP contribution in [0, 0.1) is 12.7 Å². The number of halogens is 1. The van der Waals surface area contributed by atoms with Crippen LogP contribution in [0.5, 0.6) is 0 Å². The highest BCUT2D eigenvalue weighted by Gasteiger charge is 2.19. The van der Waals surface area contributed by atoms with Crippen LogP contribution in [0.3, 0.4) is 0 Å². The van der Waals surface area contributed by atoms with Gasteiger partial charge in [-0.15, -0.1) is 22.7 Å². The minimum Gasteiger partial charge on any atom is -0.451 e. The lowest BCUT2D eigenvalue weighted by molar-refractivity contribution is -0.124. The van der Waals surface area contributed by atoms with Crippen LogP contribution in [0.1, 0.15) is 20.2 Å². The summed E-state index contributed by atoms with van der Waals surface area (Å²) in [5, 5.41) is 4.08. The monoisotopic (exact) mass is 428 g/mol. The number of ether oxygens (including phenoxy) is 1. The molecule has 2 heterocycles. The van der Waals surface area contributed by atoms with Crippen molar-refractivity contribution < 1.29 is 18.7 Å².